The van der Waals surface area contributed by atoms with E-state index in [4.69, 9.17) is 9.97 Å². The molecule has 0 spiro atoms. The van der Waals surface area contributed by atoms with Gasteiger partial charge in [-0.3, -0.25) is 0 Å². The molecule has 0 saturated carbocycles. The maximum atomic E-state index is 5.58. The Morgan fingerprint density at radius 3 is 2.09 bits per heavy atom. The van der Waals surface area contributed by atoms with Crippen molar-refractivity contribution in [1.82, 2.24) is 14.5 Å². The van der Waals surface area contributed by atoms with Crippen LogP contribution in [0.2, 0.25) is 0 Å². The van der Waals surface area contributed by atoms with Crippen LogP contribution >= 0.6 is 11.8 Å². The molecular formula is C49H35N3S. The van der Waals surface area contributed by atoms with Crippen LogP contribution in [0.1, 0.15) is 37.0 Å². The van der Waals surface area contributed by atoms with Gasteiger partial charge in [-0.1, -0.05) is 141 Å². The first kappa shape index (κ1) is 30.6. The molecule has 0 amide bonds. The summed E-state index contributed by atoms with van der Waals surface area (Å²) < 4.78 is 2.43. The lowest BCUT2D eigenvalue weighted by Gasteiger charge is -2.24. The van der Waals surface area contributed by atoms with Gasteiger partial charge in [0.05, 0.1) is 22.4 Å². The molecule has 6 aromatic carbocycles. The molecule has 3 nitrogen and oxygen atoms in total. The van der Waals surface area contributed by atoms with Crippen molar-refractivity contribution >= 4 is 39.1 Å². The summed E-state index contributed by atoms with van der Waals surface area (Å²) in [6.07, 6.45) is 7.83. The maximum Gasteiger partial charge on any atom is 0.161 e. The fraction of sp³-hybridized carbons (Fsp3) is 0.102. The molecule has 4 heteroatoms. The van der Waals surface area contributed by atoms with Crippen molar-refractivity contribution in [3.63, 3.8) is 0 Å². The Morgan fingerprint density at radius 1 is 0.623 bits per heavy atom. The summed E-state index contributed by atoms with van der Waals surface area (Å²) in [6.45, 7) is 4.70. The topological polar surface area (TPSA) is 30.7 Å². The van der Waals surface area contributed by atoms with Gasteiger partial charge in [0.15, 0.2) is 5.82 Å². The number of fused-ring (bicyclic) bond motifs is 9. The second-order valence-electron chi connectivity index (χ2n) is 14.9. The number of nitrogens with zero attached hydrogens (tertiary/aromatic N) is 3. The Bertz CT molecular complexity index is 2820. The lowest BCUT2D eigenvalue weighted by molar-refractivity contribution is 0.662. The Morgan fingerprint density at radius 2 is 1.28 bits per heavy atom. The Hall–Kier alpha value is -5.97. The van der Waals surface area contributed by atoms with Crippen molar-refractivity contribution in [2.75, 3.05) is 0 Å². The average molecular weight is 698 g/mol. The lowest BCUT2D eigenvalue weighted by Crippen LogP contribution is -2.16. The zero-order valence-electron chi connectivity index (χ0n) is 29.5. The summed E-state index contributed by atoms with van der Waals surface area (Å²) >= 11 is 1.96. The van der Waals surface area contributed by atoms with Gasteiger partial charge < -0.3 is 4.57 Å². The van der Waals surface area contributed by atoms with E-state index in [1.54, 1.807) is 0 Å². The van der Waals surface area contributed by atoms with Gasteiger partial charge in [-0.15, -0.1) is 11.8 Å². The third-order valence-electron chi connectivity index (χ3n) is 11.5. The number of rotatable bonds is 4. The fourth-order valence-corrected chi connectivity index (χ4v) is 10.5. The Labute approximate surface area is 313 Å². The molecule has 3 aliphatic rings. The molecule has 2 aliphatic carbocycles. The summed E-state index contributed by atoms with van der Waals surface area (Å²) in [4.78, 5) is 12.3. The van der Waals surface area contributed by atoms with E-state index < -0.39 is 0 Å². The molecular weight excluding hydrogens is 663 g/mol. The summed E-state index contributed by atoms with van der Waals surface area (Å²) in [6, 6.07) is 50.6. The standard InChI is InChI=1S/C49H35N3S/c1-49(2)40-23-10-6-17-32(40)36-21-14-22-37(46(36)49)42-29-41(30-15-4-3-5-16-30)50-48(51-42)39-28-31(27-38-35-20-9-13-26-45(35)53-47(38)39)52-43-24-11-7-18-33(43)34-19-8-12-25-44(34)52/h3-25,27-29,45H,26H2,1-2H3. The number of hydrogen-bond donors (Lipinski definition) is 0. The van der Waals surface area contributed by atoms with Crippen LogP contribution in [0.25, 0.3) is 78.1 Å². The summed E-state index contributed by atoms with van der Waals surface area (Å²) in [5.41, 5.74) is 16.5. The molecule has 2 aromatic heterocycles. The van der Waals surface area contributed by atoms with E-state index in [0.717, 1.165) is 46.0 Å². The minimum atomic E-state index is -0.177. The van der Waals surface area contributed by atoms with Gasteiger partial charge in [0.25, 0.3) is 0 Å². The molecule has 0 N–H and O–H groups in total. The molecule has 0 saturated heterocycles. The predicted octanol–water partition coefficient (Wildman–Crippen LogP) is 12.7. The molecule has 53 heavy (non-hydrogen) atoms. The number of thioether (sulfide) groups is 1. The maximum absolute atomic E-state index is 5.58. The van der Waals surface area contributed by atoms with Crippen molar-refractivity contribution in [2.24, 2.45) is 0 Å². The van der Waals surface area contributed by atoms with Crippen molar-refractivity contribution in [2.45, 2.75) is 35.8 Å². The number of allylic oxidation sites excluding steroid dienone is 3. The van der Waals surface area contributed by atoms with E-state index in [-0.39, 0.29) is 5.41 Å². The smallest absolute Gasteiger partial charge is 0.161 e. The van der Waals surface area contributed by atoms with Gasteiger partial charge in [0, 0.05) is 48.7 Å². The average Bonchev–Trinajstić information content (AvgIpc) is 3.83. The van der Waals surface area contributed by atoms with Crippen LogP contribution in [-0.2, 0) is 5.41 Å². The second kappa shape index (κ2) is 11.5. The van der Waals surface area contributed by atoms with E-state index in [1.807, 2.05) is 11.8 Å². The van der Waals surface area contributed by atoms with E-state index in [2.05, 4.69) is 176 Å². The summed E-state index contributed by atoms with van der Waals surface area (Å²) in [5.74, 6) is 0.755. The van der Waals surface area contributed by atoms with Crippen LogP contribution in [0.15, 0.2) is 163 Å². The molecule has 0 radical (unpaired) electrons. The number of hydrogen-bond acceptors (Lipinski definition) is 3. The Kier molecular flexibility index (Phi) is 6.66. The molecule has 252 valence electrons. The van der Waals surface area contributed by atoms with Crippen molar-refractivity contribution in [1.29, 1.82) is 0 Å². The minimum absolute atomic E-state index is 0.177. The second-order valence-corrected chi connectivity index (χ2v) is 16.1. The van der Waals surface area contributed by atoms with E-state index >= 15 is 0 Å². The van der Waals surface area contributed by atoms with Crippen molar-refractivity contribution in [3.8, 4) is 50.7 Å². The van der Waals surface area contributed by atoms with Gasteiger partial charge in [-0.05, 0) is 70.1 Å². The molecule has 0 fully saturated rings. The van der Waals surface area contributed by atoms with Crippen LogP contribution < -0.4 is 0 Å². The number of benzene rings is 6. The number of para-hydroxylation sites is 2. The largest absolute Gasteiger partial charge is 0.309 e. The van der Waals surface area contributed by atoms with E-state index in [0.29, 0.717) is 5.25 Å². The molecule has 0 bridgehead atoms. The van der Waals surface area contributed by atoms with Crippen LogP contribution in [0.4, 0.5) is 0 Å². The van der Waals surface area contributed by atoms with Crippen LogP contribution in [0, 0.1) is 0 Å². The quantitative estimate of drug-likeness (QED) is 0.183. The SMILES string of the molecule is CC1(C)c2ccccc2-c2cccc(-c3cc(-c4ccccc4)nc(-c4cc(-n5c6ccccc6c6ccccc65)cc5c4SC4CC=CC=C54)n3)c21. The van der Waals surface area contributed by atoms with Crippen molar-refractivity contribution < 1.29 is 0 Å². The lowest BCUT2D eigenvalue weighted by atomic mass is 9.79. The van der Waals surface area contributed by atoms with Gasteiger partial charge in [0.1, 0.15) is 0 Å². The predicted molar refractivity (Wildman–Crippen MR) is 222 cm³/mol. The molecule has 1 unspecified atom stereocenters. The molecule has 1 atom stereocenters. The fourth-order valence-electron chi connectivity index (χ4n) is 9.10. The third-order valence-corrected chi connectivity index (χ3v) is 12.9. The summed E-state index contributed by atoms with van der Waals surface area (Å²) in [7, 11) is 0. The zero-order chi connectivity index (χ0) is 35.3. The molecule has 1 aliphatic heterocycles. The van der Waals surface area contributed by atoms with Gasteiger partial charge >= 0.3 is 0 Å². The first-order valence-corrected chi connectivity index (χ1v) is 19.3. The normalized spacial score (nSPS) is 16.3. The highest BCUT2D eigenvalue weighted by Crippen LogP contribution is 2.54. The van der Waals surface area contributed by atoms with Gasteiger partial charge in [0.2, 0.25) is 0 Å². The minimum Gasteiger partial charge on any atom is -0.309 e. The van der Waals surface area contributed by atoms with E-state index in [9.17, 15) is 0 Å². The zero-order valence-corrected chi connectivity index (χ0v) is 30.4. The highest BCUT2D eigenvalue weighted by Gasteiger charge is 2.38. The Balaban J connectivity index is 1.20. The van der Waals surface area contributed by atoms with Crippen LogP contribution in [0.3, 0.4) is 0 Å². The van der Waals surface area contributed by atoms with Gasteiger partial charge in [-0.2, -0.15) is 0 Å². The van der Waals surface area contributed by atoms with Gasteiger partial charge in [-0.25, -0.2) is 9.97 Å². The van der Waals surface area contributed by atoms with Crippen LogP contribution in [0.5, 0.6) is 0 Å². The first-order chi connectivity index (χ1) is 26.0. The molecule has 11 rings (SSSR count). The van der Waals surface area contributed by atoms with Crippen molar-refractivity contribution in [3.05, 3.63) is 174 Å². The summed E-state index contributed by atoms with van der Waals surface area (Å²) in [5, 5.41) is 2.88. The molecule has 3 heterocycles. The monoisotopic (exact) mass is 697 g/mol. The highest BCUT2D eigenvalue weighted by molar-refractivity contribution is 8.01. The van der Waals surface area contributed by atoms with E-state index in [1.165, 1.54) is 60.1 Å². The molecule has 8 aromatic rings. The highest BCUT2D eigenvalue weighted by atomic mass is 32.2. The third kappa shape index (κ3) is 4.55. The first-order valence-electron chi connectivity index (χ1n) is 18.4. The number of aromatic nitrogens is 3. The van der Waals surface area contributed by atoms with Crippen LogP contribution in [-0.4, -0.2) is 19.8 Å².